The SMILES string of the molecule is O=C(NCC1(F)CCN(c2ncccc2Cl)CC1)C1CCOC1. The highest BCUT2D eigenvalue weighted by molar-refractivity contribution is 6.32. The number of halogens is 2. The van der Waals surface area contributed by atoms with E-state index >= 15 is 0 Å². The largest absolute Gasteiger partial charge is 0.381 e. The minimum Gasteiger partial charge on any atom is -0.381 e. The molecular weight excluding hydrogens is 321 g/mol. The standard InChI is InChI=1S/C16H21ClFN3O2/c17-13-2-1-6-19-14(13)21-7-4-16(18,5-8-21)11-20-15(22)12-3-9-23-10-12/h1-2,6,12H,3-5,7-11H2,(H,20,22). The lowest BCUT2D eigenvalue weighted by Crippen LogP contribution is -2.49. The Bertz CT molecular complexity index is 558. The first kappa shape index (κ1) is 16.5. The normalized spacial score (nSPS) is 23.7. The summed E-state index contributed by atoms with van der Waals surface area (Å²) in [6.07, 6.45) is 3.10. The summed E-state index contributed by atoms with van der Waals surface area (Å²) >= 11 is 6.14. The number of carbonyl (C=O) groups is 1. The van der Waals surface area contributed by atoms with E-state index in [1.165, 1.54) is 0 Å². The first-order valence-corrected chi connectivity index (χ1v) is 8.35. The van der Waals surface area contributed by atoms with Gasteiger partial charge in [0.15, 0.2) is 0 Å². The van der Waals surface area contributed by atoms with Crippen LogP contribution < -0.4 is 10.2 Å². The molecule has 3 heterocycles. The number of hydrogen-bond acceptors (Lipinski definition) is 4. The van der Waals surface area contributed by atoms with Crippen molar-refractivity contribution in [2.75, 3.05) is 37.7 Å². The van der Waals surface area contributed by atoms with Crippen LogP contribution in [0.1, 0.15) is 19.3 Å². The summed E-state index contributed by atoms with van der Waals surface area (Å²) in [5.74, 6) is 0.462. The zero-order chi connectivity index (χ0) is 16.3. The third-order valence-electron chi connectivity index (χ3n) is 4.58. The molecule has 2 fully saturated rings. The molecule has 0 radical (unpaired) electrons. The number of alkyl halides is 1. The van der Waals surface area contributed by atoms with Gasteiger partial charge in [0, 0.05) is 38.7 Å². The number of aromatic nitrogens is 1. The monoisotopic (exact) mass is 341 g/mol. The lowest BCUT2D eigenvalue weighted by molar-refractivity contribution is -0.125. The fourth-order valence-corrected chi connectivity index (χ4v) is 3.28. The first-order valence-electron chi connectivity index (χ1n) is 7.97. The van der Waals surface area contributed by atoms with Crippen molar-refractivity contribution in [1.29, 1.82) is 0 Å². The Morgan fingerprint density at radius 3 is 2.96 bits per heavy atom. The average molecular weight is 342 g/mol. The number of carbonyl (C=O) groups excluding carboxylic acids is 1. The second kappa shape index (κ2) is 7.01. The molecule has 1 aromatic heterocycles. The molecular formula is C16H21ClFN3O2. The third-order valence-corrected chi connectivity index (χ3v) is 4.87. The van der Waals surface area contributed by atoms with Crippen LogP contribution in [0.25, 0.3) is 0 Å². The van der Waals surface area contributed by atoms with Gasteiger partial charge in [-0.2, -0.15) is 0 Å². The van der Waals surface area contributed by atoms with Crippen molar-refractivity contribution in [1.82, 2.24) is 10.3 Å². The van der Waals surface area contributed by atoms with Crippen LogP contribution in [0, 0.1) is 5.92 Å². The van der Waals surface area contributed by atoms with Crippen LogP contribution >= 0.6 is 11.6 Å². The molecule has 1 aromatic rings. The topological polar surface area (TPSA) is 54.5 Å². The first-order chi connectivity index (χ1) is 11.1. The molecule has 0 spiro atoms. The molecule has 1 amide bonds. The van der Waals surface area contributed by atoms with E-state index in [0.29, 0.717) is 50.0 Å². The van der Waals surface area contributed by atoms with E-state index in [0.717, 1.165) is 6.42 Å². The number of pyridine rings is 1. The van der Waals surface area contributed by atoms with Gasteiger partial charge in [0.05, 0.1) is 24.1 Å². The van der Waals surface area contributed by atoms with Crippen LogP contribution in [0.5, 0.6) is 0 Å². The number of nitrogens with zero attached hydrogens (tertiary/aromatic N) is 2. The molecule has 126 valence electrons. The Balaban J connectivity index is 1.51. The smallest absolute Gasteiger partial charge is 0.225 e. The van der Waals surface area contributed by atoms with Gasteiger partial charge in [0.1, 0.15) is 11.5 Å². The van der Waals surface area contributed by atoms with Gasteiger partial charge in [-0.15, -0.1) is 0 Å². The van der Waals surface area contributed by atoms with Crippen LogP contribution in [0.4, 0.5) is 10.2 Å². The number of ether oxygens (including phenoxy) is 1. The molecule has 2 saturated heterocycles. The summed E-state index contributed by atoms with van der Waals surface area (Å²) in [6, 6.07) is 3.56. The van der Waals surface area contributed by atoms with Gasteiger partial charge in [-0.1, -0.05) is 11.6 Å². The van der Waals surface area contributed by atoms with Gasteiger partial charge in [0.25, 0.3) is 0 Å². The highest BCUT2D eigenvalue weighted by Crippen LogP contribution is 2.31. The summed E-state index contributed by atoms with van der Waals surface area (Å²) in [6.45, 7) is 2.19. The Morgan fingerprint density at radius 2 is 2.30 bits per heavy atom. The molecule has 3 rings (SSSR count). The van der Waals surface area contributed by atoms with Crippen LogP contribution in [-0.4, -0.2) is 49.4 Å². The number of rotatable bonds is 4. The van der Waals surface area contributed by atoms with E-state index in [1.54, 1.807) is 18.3 Å². The zero-order valence-electron chi connectivity index (χ0n) is 12.9. The van der Waals surface area contributed by atoms with Crippen molar-refractivity contribution < 1.29 is 13.9 Å². The maximum Gasteiger partial charge on any atom is 0.225 e. The van der Waals surface area contributed by atoms with Crippen molar-refractivity contribution in [3.05, 3.63) is 23.4 Å². The lowest BCUT2D eigenvalue weighted by Gasteiger charge is -2.37. The van der Waals surface area contributed by atoms with Gasteiger partial charge < -0.3 is 15.0 Å². The number of hydrogen-bond donors (Lipinski definition) is 1. The highest BCUT2D eigenvalue weighted by Gasteiger charge is 2.36. The molecule has 1 atom stereocenters. The number of piperidine rings is 1. The Hall–Kier alpha value is -1.40. The van der Waals surface area contributed by atoms with Crippen LogP contribution in [-0.2, 0) is 9.53 Å². The third kappa shape index (κ3) is 3.93. The molecule has 0 bridgehead atoms. The Kier molecular flexibility index (Phi) is 5.02. The summed E-state index contributed by atoms with van der Waals surface area (Å²) < 4.78 is 20.1. The van der Waals surface area contributed by atoms with Crippen LogP contribution in [0.3, 0.4) is 0 Å². The fraction of sp³-hybridized carbons (Fsp3) is 0.625. The Labute approximate surface area is 140 Å². The van der Waals surface area contributed by atoms with Gasteiger partial charge >= 0.3 is 0 Å². The maximum absolute atomic E-state index is 14.9. The van der Waals surface area contributed by atoms with Crippen molar-refractivity contribution in [2.24, 2.45) is 5.92 Å². The molecule has 23 heavy (non-hydrogen) atoms. The molecule has 1 unspecified atom stereocenters. The predicted molar refractivity (Wildman–Crippen MR) is 86.5 cm³/mol. The molecule has 0 aliphatic carbocycles. The average Bonchev–Trinajstić information content (AvgIpc) is 3.09. The lowest BCUT2D eigenvalue weighted by atomic mass is 9.93. The number of nitrogens with one attached hydrogen (secondary N) is 1. The summed E-state index contributed by atoms with van der Waals surface area (Å²) in [5, 5.41) is 3.32. The summed E-state index contributed by atoms with van der Waals surface area (Å²) in [4.78, 5) is 18.2. The van der Waals surface area contributed by atoms with E-state index in [2.05, 4.69) is 10.3 Å². The van der Waals surface area contributed by atoms with Crippen LogP contribution in [0.2, 0.25) is 5.02 Å². The quantitative estimate of drug-likeness (QED) is 0.912. The highest BCUT2D eigenvalue weighted by atomic mass is 35.5. The summed E-state index contributed by atoms with van der Waals surface area (Å²) in [7, 11) is 0. The molecule has 5 nitrogen and oxygen atoms in total. The van der Waals surface area contributed by atoms with E-state index in [9.17, 15) is 9.18 Å². The van der Waals surface area contributed by atoms with Crippen LogP contribution in [0.15, 0.2) is 18.3 Å². The molecule has 1 N–H and O–H groups in total. The van der Waals surface area contributed by atoms with Gasteiger partial charge in [-0.05, 0) is 18.6 Å². The molecule has 2 aliphatic rings. The number of amides is 1. The predicted octanol–water partition coefficient (Wildman–Crippen LogP) is 2.20. The van der Waals surface area contributed by atoms with Crippen molar-refractivity contribution >= 4 is 23.3 Å². The summed E-state index contributed by atoms with van der Waals surface area (Å²) in [5.41, 5.74) is -1.37. The van der Waals surface area contributed by atoms with E-state index < -0.39 is 5.67 Å². The molecule has 2 aliphatic heterocycles. The fourth-order valence-electron chi connectivity index (χ4n) is 3.04. The van der Waals surface area contributed by atoms with Crippen molar-refractivity contribution in [3.8, 4) is 0 Å². The Morgan fingerprint density at radius 1 is 1.52 bits per heavy atom. The molecule has 0 saturated carbocycles. The van der Waals surface area contributed by atoms with Gasteiger partial charge in [0.2, 0.25) is 5.91 Å². The van der Waals surface area contributed by atoms with Gasteiger partial charge in [-0.3, -0.25) is 4.79 Å². The van der Waals surface area contributed by atoms with Gasteiger partial charge in [-0.25, -0.2) is 9.37 Å². The van der Waals surface area contributed by atoms with E-state index in [1.807, 2.05) is 4.90 Å². The zero-order valence-corrected chi connectivity index (χ0v) is 13.7. The minimum absolute atomic E-state index is 0.0616. The number of anilines is 1. The van der Waals surface area contributed by atoms with Crippen molar-refractivity contribution in [3.63, 3.8) is 0 Å². The molecule has 0 aromatic carbocycles. The maximum atomic E-state index is 14.9. The van der Waals surface area contributed by atoms with E-state index in [4.69, 9.17) is 16.3 Å². The van der Waals surface area contributed by atoms with Crippen molar-refractivity contribution in [2.45, 2.75) is 24.9 Å². The minimum atomic E-state index is -1.37. The second-order valence-corrected chi connectivity index (χ2v) is 6.63. The molecule has 7 heteroatoms. The van der Waals surface area contributed by atoms with E-state index in [-0.39, 0.29) is 18.4 Å². The second-order valence-electron chi connectivity index (χ2n) is 6.23.